The summed E-state index contributed by atoms with van der Waals surface area (Å²) in [5.74, 6) is -5.88. The normalized spacial score (nSPS) is 20.0. The first kappa shape index (κ1) is 28.2. The quantitative estimate of drug-likeness (QED) is 0.237. The molecule has 1 aromatic rings. The molecule has 3 heterocycles. The van der Waals surface area contributed by atoms with Crippen LogP contribution in [0.1, 0.15) is 5.69 Å². The molecule has 2 aliphatic heterocycles. The summed E-state index contributed by atoms with van der Waals surface area (Å²) in [5, 5.41) is 22.4. The van der Waals surface area contributed by atoms with E-state index in [4.69, 9.17) is 0 Å². The molecule has 1 N–H and O–H groups in total. The Morgan fingerprint density at radius 1 is 1.22 bits per heavy atom. The van der Waals surface area contributed by atoms with Crippen molar-refractivity contribution in [2.45, 2.75) is 5.37 Å². The van der Waals surface area contributed by atoms with Gasteiger partial charge in [0.05, 0.1) is 41.2 Å². The fourth-order valence-corrected chi connectivity index (χ4v) is 4.92. The predicted octanol–water partition coefficient (Wildman–Crippen LogP) is -9.50. The third kappa shape index (κ3) is 5.95. The number of hydrogen-bond acceptors (Lipinski definition) is 9. The number of aromatic nitrogens is 1. The molecule has 1 saturated heterocycles. The van der Waals surface area contributed by atoms with Gasteiger partial charge in [-0.25, -0.2) is 8.42 Å². The molecule has 11 nitrogen and oxygen atoms in total. The van der Waals surface area contributed by atoms with E-state index in [1.165, 1.54) is 12.3 Å². The van der Waals surface area contributed by atoms with Crippen LogP contribution in [-0.4, -0.2) is 59.7 Å². The fourth-order valence-electron chi connectivity index (χ4n) is 3.02. The number of amides is 2. The van der Waals surface area contributed by atoms with Gasteiger partial charge in [-0.1, -0.05) is 12.1 Å². The number of sulfone groups is 1. The number of nitrogens with one attached hydrogen (secondary N) is 1. The molecule has 2 aliphatic rings. The van der Waals surface area contributed by atoms with E-state index in [0.29, 0.717) is 10.6 Å². The number of fused-ring (bicyclic) bond motifs is 1. The number of carbonyl (C=O) groups is 4. The minimum Gasteiger partial charge on any atom is -0.548 e. The van der Waals surface area contributed by atoms with Crippen LogP contribution in [0.5, 0.6) is 0 Å². The molecule has 0 bridgehead atoms. The number of aliphatic carboxylic acids is 2. The molecule has 1 fully saturated rings. The summed E-state index contributed by atoms with van der Waals surface area (Å²) in [6, 6.07) is 4.82. The summed E-state index contributed by atoms with van der Waals surface area (Å²) in [6.07, 6.45) is 4.36. The monoisotopic (exact) mass is 477 g/mol. The Balaban J connectivity index is 0.00000256. The second kappa shape index (κ2) is 11.4. The zero-order chi connectivity index (χ0) is 22.1. The molecule has 3 rings (SSSR count). The van der Waals surface area contributed by atoms with Gasteiger partial charge in [0.25, 0.3) is 5.91 Å². The molecule has 32 heavy (non-hydrogen) atoms. The summed E-state index contributed by atoms with van der Waals surface area (Å²) in [5.41, 5.74) is -0.839. The standard InChI is InChI=1S/C18H15N3O8S.2Na/c22-13(20-8-14(23)24)5-4-10-9-30(28,29)17-12(7-11-3-1-2-6-19-11)16(25)21(17)15(10)18(26)27;;/h1-7,17H,8-9H2,(H,20,22)(H,23,24)(H,26,27);;/q;2*+1/p-2/b5-4+,12-7+;;/t17-;;/m1../s1. The van der Waals surface area contributed by atoms with Crippen LogP contribution < -0.4 is 74.6 Å². The summed E-state index contributed by atoms with van der Waals surface area (Å²) < 4.78 is 25.4. The number of pyridine rings is 1. The molecule has 0 unspecified atom stereocenters. The van der Waals surface area contributed by atoms with Gasteiger partial charge >= 0.3 is 59.1 Å². The van der Waals surface area contributed by atoms with E-state index in [-0.39, 0.29) is 70.3 Å². The third-order valence-electron chi connectivity index (χ3n) is 4.24. The maximum absolute atomic E-state index is 12.7. The maximum Gasteiger partial charge on any atom is 1.00 e. The van der Waals surface area contributed by atoms with Crippen LogP contribution in [0, 0.1) is 0 Å². The van der Waals surface area contributed by atoms with Gasteiger partial charge in [-0.15, -0.1) is 0 Å². The molecule has 14 heteroatoms. The van der Waals surface area contributed by atoms with E-state index in [1.807, 2.05) is 5.32 Å². The Bertz CT molecular complexity index is 1150. The van der Waals surface area contributed by atoms with Crippen LogP contribution in [0.4, 0.5) is 0 Å². The van der Waals surface area contributed by atoms with E-state index in [9.17, 15) is 37.8 Å². The largest absolute Gasteiger partial charge is 1.00 e. The molecular weight excluding hydrogens is 464 g/mol. The Morgan fingerprint density at radius 2 is 1.91 bits per heavy atom. The van der Waals surface area contributed by atoms with E-state index >= 15 is 0 Å². The maximum atomic E-state index is 12.7. The average Bonchev–Trinajstić information content (AvgIpc) is 2.68. The SMILES string of the molecule is O=C([O-])CNC(=O)/C=C/C1=C(C(=O)[O-])N2C(=O)/C(=C\c3ccccn3)[C@H]2S(=O)(=O)C1.[Na+].[Na+]. The molecule has 0 saturated carbocycles. The first-order valence-corrected chi connectivity index (χ1v) is 10.1. The van der Waals surface area contributed by atoms with Crippen LogP contribution in [0.15, 0.2) is 53.4 Å². The zero-order valence-electron chi connectivity index (χ0n) is 17.1. The van der Waals surface area contributed by atoms with Crippen molar-refractivity contribution in [3.8, 4) is 0 Å². The van der Waals surface area contributed by atoms with Crippen molar-refractivity contribution >= 4 is 39.7 Å². The molecule has 0 spiro atoms. The number of carboxylic acid groups (broad SMARTS) is 2. The third-order valence-corrected chi connectivity index (χ3v) is 6.09. The molecule has 0 aliphatic carbocycles. The van der Waals surface area contributed by atoms with Crippen molar-refractivity contribution in [3.05, 3.63) is 59.1 Å². The van der Waals surface area contributed by atoms with Gasteiger partial charge in [-0.3, -0.25) is 19.5 Å². The van der Waals surface area contributed by atoms with Gasteiger partial charge in [0.1, 0.15) is 0 Å². The number of carboxylic acids is 2. The van der Waals surface area contributed by atoms with E-state index in [1.54, 1.807) is 18.2 Å². The Morgan fingerprint density at radius 3 is 2.47 bits per heavy atom. The van der Waals surface area contributed by atoms with Gasteiger partial charge < -0.3 is 25.1 Å². The molecule has 0 radical (unpaired) electrons. The van der Waals surface area contributed by atoms with E-state index < -0.39 is 57.0 Å². The number of nitrogens with zero attached hydrogens (tertiary/aromatic N) is 2. The van der Waals surface area contributed by atoms with Gasteiger partial charge in [0.15, 0.2) is 15.2 Å². The van der Waals surface area contributed by atoms with Crippen LogP contribution in [0.25, 0.3) is 6.08 Å². The van der Waals surface area contributed by atoms with Crippen LogP contribution in [0.3, 0.4) is 0 Å². The number of β-lactam (4-membered cyclic amide) rings is 1. The Kier molecular flexibility index (Phi) is 10.0. The Hall–Kier alpha value is -1.80. The van der Waals surface area contributed by atoms with Crippen molar-refractivity contribution in [2.75, 3.05) is 12.3 Å². The summed E-state index contributed by atoms with van der Waals surface area (Å²) in [7, 11) is -4.04. The number of hydrogen-bond donors (Lipinski definition) is 1. The van der Waals surface area contributed by atoms with Crippen LogP contribution >= 0.6 is 0 Å². The second-order valence-electron chi connectivity index (χ2n) is 6.27. The van der Waals surface area contributed by atoms with Gasteiger partial charge in [0.2, 0.25) is 5.91 Å². The van der Waals surface area contributed by atoms with Crippen molar-refractivity contribution in [1.82, 2.24) is 15.2 Å². The Labute approximate surface area is 226 Å². The molecule has 156 valence electrons. The van der Waals surface area contributed by atoms with Crippen molar-refractivity contribution in [2.24, 2.45) is 0 Å². The summed E-state index contributed by atoms with van der Waals surface area (Å²) in [6.45, 7) is -0.789. The van der Waals surface area contributed by atoms with E-state index in [2.05, 4.69) is 4.98 Å². The smallest absolute Gasteiger partial charge is 0.548 e. The van der Waals surface area contributed by atoms with E-state index in [0.717, 1.165) is 12.2 Å². The number of allylic oxidation sites excluding steroid dienone is 1. The van der Waals surface area contributed by atoms with Gasteiger partial charge in [-0.05, 0) is 23.8 Å². The number of carbonyl (C=O) groups excluding carboxylic acids is 4. The summed E-state index contributed by atoms with van der Waals surface area (Å²) >= 11 is 0. The van der Waals surface area contributed by atoms with Crippen molar-refractivity contribution in [3.63, 3.8) is 0 Å². The second-order valence-corrected chi connectivity index (χ2v) is 8.33. The van der Waals surface area contributed by atoms with Crippen molar-refractivity contribution in [1.29, 1.82) is 0 Å². The van der Waals surface area contributed by atoms with Gasteiger partial charge in [-0.2, -0.15) is 0 Å². The van der Waals surface area contributed by atoms with Crippen molar-refractivity contribution < 1.29 is 96.9 Å². The molecule has 1 atom stereocenters. The predicted molar refractivity (Wildman–Crippen MR) is 95.8 cm³/mol. The van der Waals surface area contributed by atoms with Gasteiger partial charge in [0, 0.05) is 12.3 Å². The molecule has 1 aromatic heterocycles. The first-order chi connectivity index (χ1) is 14.1. The topological polar surface area (TPSA) is 177 Å². The first-order valence-electron chi connectivity index (χ1n) is 8.40. The van der Waals surface area contributed by atoms with Crippen LogP contribution in [0.2, 0.25) is 0 Å². The molecule has 0 aromatic carbocycles. The fraction of sp³-hybridized carbons (Fsp3) is 0.167. The number of rotatable bonds is 6. The molecule has 2 amide bonds. The minimum atomic E-state index is -4.04. The van der Waals surface area contributed by atoms with Crippen LogP contribution in [-0.2, 0) is 29.0 Å². The molecular formula is C18H13N3Na2O8S. The summed E-state index contributed by atoms with van der Waals surface area (Å²) in [4.78, 5) is 50.7. The minimum absolute atomic E-state index is 0. The zero-order valence-corrected chi connectivity index (χ0v) is 21.9. The average molecular weight is 477 g/mol.